The molecule has 0 heterocycles. The Morgan fingerprint density at radius 3 is 2.40 bits per heavy atom. The molecule has 1 aromatic carbocycles. The van der Waals surface area contributed by atoms with E-state index in [1.54, 1.807) is 0 Å². The highest BCUT2D eigenvalue weighted by atomic mass is 16.5. The van der Waals surface area contributed by atoms with Crippen molar-refractivity contribution in [1.29, 1.82) is 0 Å². The molecule has 0 aliphatic carbocycles. The van der Waals surface area contributed by atoms with E-state index in [-0.39, 0.29) is 5.91 Å². The zero-order chi connectivity index (χ0) is 15.0. The summed E-state index contributed by atoms with van der Waals surface area (Å²) in [5.41, 5.74) is 1.23. The molecular weight excluding hydrogens is 256 g/mol. The van der Waals surface area contributed by atoms with Gasteiger partial charge in [0.25, 0.3) is 0 Å². The number of amides is 1. The molecule has 0 spiro atoms. The molecule has 0 fully saturated rings. The second-order valence-corrected chi connectivity index (χ2v) is 4.75. The Labute approximate surface area is 119 Å². The van der Waals surface area contributed by atoms with Crippen molar-refractivity contribution in [2.24, 2.45) is 0 Å². The van der Waals surface area contributed by atoms with Crippen LogP contribution in [0.4, 0.5) is 0 Å². The number of carbonyl (C=O) groups is 2. The van der Waals surface area contributed by atoms with Crippen LogP contribution in [0, 0.1) is 0 Å². The van der Waals surface area contributed by atoms with Crippen molar-refractivity contribution in [3.8, 4) is 0 Å². The van der Waals surface area contributed by atoms with Crippen LogP contribution >= 0.6 is 0 Å². The van der Waals surface area contributed by atoms with E-state index in [0.717, 1.165) is 6.54 Å². The fourth-order valence-electron chi connectivity index (χ4n) is 1.92. The van der Waals surface area contributed by atoms with E-state index < -0.39 is 12.0 Å². The highest BCUT2D eigenvalue weighted by Crippen LogP contribution is 2.12. The molecule has 5 heteroatoms. The number of methoxy groups -OCH3 is 1. The molecule has 110 valence electrons. The Morgan fingerprint density at radius 2 is 1.85 bits per heavy atom. The minimum absolute atomic E-state index is 0.252. The van der Waals surface area contributed by atoms with E-state index in [4.69, 9.17) is 0 Å². The fraction of sp³-hybridized carbons (Fsp3) is 0.467. The van der Waals surface area contributed by atoms with Crippen LogP contribution in [0.15, 0.2) is 30.3 Å². The van der Waals surface area contributed by atoms with Gasteiger partial charge < -0.3 is 15.4 Å². The second kappa shape index (κ2) is 8.32. The summed E-state index contributed by atoms with van der Waals surface area (Å²) in [4.78, 5) is 22.6. The molecule has 2 N–H and O–H groups in total. The van der Waals surface area contributed by atoms with Crippen LogP contribution in [0.2, 0.25) is 0 Å². The number of benzene rings is 1. The van der Waals surface area contributed by atoms with Gasteiger partial charge in [-0.2, -0.15) is 0 Å². The summed E-state index contributed by atoms with van der Waals surface area (Å²) >= 11 is 0. The Kier molecular flexibility index (Phi) is 6.73. The summed E-state index contributed by atoms with van der Waals surface area (Å²) in [5, 5.41) is 5.76. The lowest BCUT2D eigenvalue weighted by Gasteiger charge is -2.18. The SMILES string of the molecule is COC(=O)C(CNCC(C)c1ccccc1)NC(C)=O. The molecule has 1 amide bonds. The van der Waals surface area contributed by atoms with E-state index in [0.29, 0.717) is 12.5 Å². The van der Waals surface area contributed by atoms with E-state index in [2.05, 4.69) is 34.4 Å². The molecule has 5 nitrogen and oxygen atoms in total. The van der Waals surface area contributed by atoms with E-state index in [1.807, 2.05) is 18.2 Å². The van der Waals surface area contributed by atoms with Crippen molar-refractivity contribution in [3.05, 3.63) is 35.9 Å². The number of ether oxygens (including phenoxy) is 1. The normalized spacial score (nSPS) is 13.3. The van der Waals surface area contributed by atoms with Crippen LogP contribution in [-0.4, -0.2) is 38.1 Å². The number of hydrogen-bond acceptors (Lipinski definition) is 4. The highest BCUT2D eigenvalue weighted by molar-refractivity contribution is 5.83. The summed E-state index contributed by atoms with van der Waals surface area (Å²) in [5.74, 6) is -0.370. The average molecular weight is 278 g/mol. The summed E-state index contributed by atoms with van der Waals surface area (Å²) in [6.07, 6.45) is 0. The van der Waals surface area contributed by atoms with Crippen LogP contribution in [0.5, 0.6) is 0 Å². The third-order valence-corrected chi connectivity index (χ3v) is 3.03. The lowest BCUT2D eigenvalue weighted by atomic mass is 10.0. The molecule has 2 atom stereocenters. The fourth-order valence-corrected chi connectivity index (χ4v) is 1.92. The Bertz CT molecular complexity index is 434. The summed E-state index contributed by atoms with van der Waals surface area (Å²) in [6, 6.07) is 9.46. The van der Waals surface area contributed by atoms with Crippen molar-refractivity contribution in [1.82, 2.24) is 10.6 Å². The maximum absolute atomic E-state index is 11.5. The van der Waals surface area contributed by atoms with Gasteiger partial charge in [-0.3, -0.25) is 4.79 Å². The van der Waals surface area contributed by atoms with Crippen LogP contribution < -0.4 is 10.6 Å². The van der Waals surface area contributed by atoms with E-state index in [1.165, 1.54) is 19.6 Å². The van der Waals surface area contributed by atoms with Crippen molar-refractivity contribution in [2.45, 2.75) is 25.8 Å². The molecule has 1 aromatic rings. The molecule has 0 aliphatic heterocycles. The second-order valence-electron chi connectivity index (χ2n) is 4.75. The largest absolute Gasteiger partial charge is 0.467 e. The van der Waals surface area contributed by atoms with Crippen molar-refractivity contribution >= 4 is 11.9 Å². The lowest BCUT2D eigenvalue weighted by Crippen LogP contribution is -2.47. The van der Waals surface area contributed by atoms with Gasteiger partial charge in [0.05, 0.1) is 7.11 Å². The van der Waals surface area contributed by atoms with Gasteiger partial charge in [-0.15, -0.1) is 0 Å². The molecule has 0 saturated carbocycles. The minimum Gasteiger partial charge on any atom is -0.467 e. The third-order valence-electron chi connectivity index (χ3n) is 3.03. The zero-order valence-corrected chi connectivity index (χ0v) is 12.2. The Balaban J connectivity index is 2.44. The average Bonchev–Trinajstić information content (AvgIpc) is 2.45. The molecule has 0 saturated heterocycles. The first-order valence-electron chi connectivity index (χ1n) is 6.65. The number of hydrogen-bond donors (Lipinski definition) is 2. The van der Waals surface area contributed by atoms with Crippen molar-refractivity contribution in [2.75, 3.05) is 20.2 Å². The molecule has 0 aliphatic rings. The van der Waals surface area contributed by atoms with Gasteiger partial charge in [0.2, 0.25) is 5.91 Å². The van der Waals surface area contributed by atoms with Gasteiger partial charge in [0, 0.05) is 20.0 Å². The van der Waals surface area contributed by atoms with Gasteiger partial charge in [-0.25, -0.2) is 4.79 Å². The first-order valence-corrected chi connectivity index (χ1v) is 6.65. The number of rotatable bonds is 7. The van der Waals surface area contributed by atoms with Crippen LogP contribution in [0.1, 0.15) is 25.3 Å². The zero-order valence-electron chi connectivity index (χ0n) is 12.2. The van der Waals surface area contributed by atoms with Crippen LogP contribution in [0.25, 0.3) is 0 Å². The summed E-state index contributed by atoms with van der Waals surface area (Å²) in [7, 11) is 1.31. The van der Waals surface area contributed by atoms with Gasteiger partial charge >= 0.3 is 5.97 Å². The molecule has 2 unspecified atom stereocenters. The smallest absolute Gasteiger partial charge is 0.329 e. The minimum atomic E-state index is -0.652. The third kappa shape index (κ3) is 5.40. The van der Waals surface area contributed by atoms with Crippen molar-refractivity contribution in [3.63, 3.8) is 0 Å². The van der Waals surface area contributed by atoms with E-state index >= 15 is 0 Å². The quantitative estimate of drug-likeness (QED) is 0.732. The lowest BCUT2D eigenvalue weighted by molar-refractivity contribution is -0.144. The monoisotopic (exact) mass is 278 g/mol. The molecule has 0 radical (unpaired) electrons. The van der Waals surface area contributed by atoms with Gasteiger partial charge in [0.15, 0.2) is 0 Å². The topological polar surface area (TPSA) is 67.4 Å². The Hall–Kier alpha value is -1.88. The first kappa shape index (κ1) is 16.2. The summed E-state index contributed by atoms with van der Waals surface area (Å²) < 4.78 is 4.66. The predicted molar refractivity (Wildman–Crippen MR) is 77.3 cm³/mol. The Morgan fingerprint density at radius 1 is 1.20 bits per heavy atom. The molecular formula is C15H22N2O3. The van der Waals surface area contributed by atoms with Gasteiger partial charge in [0.1, 0.15) is 6.04 Å². The number of nitrogens with one attached hydrogen (secondary N) is 2. The maximum Gasteiger partial charge on any atom is 0.329 e. The standard InChI is InChI=1S/C15H22N2O3/c1-11(13-7-5-4-6-8-13)9-16-10-14(15(19)20-3)17-12(2)18/h4-8,11,14,16H,9-10H2,1-3H3,(H,17,18). The van der Waals surface area contributed by atoms with Crippen molar-refractivity contribution < 1.29 is 14.3 Å². The van der Waals surface area contributed by atoms with Crippen LogP contribution in [0.3, 0.4) is 0 Å². The first-order chi connectivity index (χ1) is 9.54. The predicted octanol–water partition coefficient (Wildman–Crippen LogP) is 1.06. The molecule has 0 aromatic heterocycles. The number of esters is 1. The van der Waals surface area contributed by atoms with Crippen LogP contribution in [-0.2, 0) is 14.3 Å². The summed E-state index contributed by atoms with van der Waals surface area (Å²) in [6.45, 7) is 4.55. The van der Waals surface area contributed by atoms with Gasteiger partial charge in [-0.1, -0.05) is 37.3 Å². The number of carbonyl (C=O) groups excluding carboxylic acids is 2. The van der Waals surface area contributed by atoms with E-state index in [9.17, 15) is 9.59 Å². The maximum atomic E-state index is 11.5. The molecule has 0 bridgehead atoms. The highest BCUT2D eigenvalue weighted by Gasteiger charge is 2.19. The molecule has 20 heavy (non-hydrogen) atoms. The molecule has 1 rings (SSSR count). The van der Waals surface area contributed by atoms with Gasteiger partial charge in [-0.05, 0) is 11.5 Å².